The molecule has 6 nitrogen and oxygen atoms in total. The Labute approximate surface area is 169 Å². The fourth-order valence-electron chi connectivity index (χ4n) is 3.04. The van der Waals surface area contributed by atoms with Crippen LogP contribution < -0.4 is 10.5 Å². The minimum absolute atomic E-state index is 0.219. The fourth-order valence-corrected chi connectivity index (χ4v) is 3.64. The monoisotopic (exact) mass is 408 g/mol. The van der Waals surface area contributed by atoms with Gasteiger partial charge in [-0.3, -0.25) is 9.59 Å². The van der Waals surface area contributed by atoms with Crippen molar-refractivity contribution in [3.05, 3.63) is 87.0 Å². The highest BCUT2D eigenvalue weighted by Crippen LogP contribution is 2.20. The molecule has 0 fully saturated rings. The maximum atomic E-state index is 13.4. The Hall–Kier alpha value is -3.39. The van der Waals surface area contributed by atoms with E-state index in [1.807, 2.05) is 18.4 Å². The van der Waals surface area contributed by atoms with Gasteiger partial charge in [0.15, 0.2) is 0 Å². The molecule has 146 valence electrons. The lowest BCUT2D eigenvalue weighted by molar-refractivity contribution is -0.119. The molecule has 0 aliphatic heterocycles. The van der Waals surface area contributed by atoms with Gasteiger partial charge in [-0.1, -0.05) is 18.2 Å². The second-order valence-corrected chi connectivity index (χ2v) is 7.57. The summed E-state index contributed by atoms with van der Waals surface area (Å²) in [7, 11) is 0. The van der Waals surface area contributed by atoms with Crippen LogP contribution in [0.5, 0.6) is 0 Å². The maximum absolute atomic E-state index is 13.4. The van der Waals surface area contributed by atoms with Crippen LogP contribution in [0.1, 0.15) is 10.7 Å². The summed E-state index contributed by atoms with van der Waals surface area (Å²) >= 11 is 1.49. The quantitative estimate of drug-likeness (QED) is 0.507. The van der Waals surface area contributed by atoms with Crippen LogP contribution in [-0.4, -0.2) is 20.7 Å². The van der Waals surface area contributed by atoms with Crippen LogP contribution in [-0.2, 0) is 17.9 Å². The summed E-state index contributed by atoms with van der Waals surface area (Å²) < 4.78 is 14.5. The van der Waals surface area contributed by atoms with Crippen molar-refractivity contribution in [3.63, 3.8) is 0 Å². The smallest absolute Gasteiger partial charge is 0.275 e. The summed E-state index contributed by atoms with van der Waals surface area (Å²) in [5.41, 5.74) is 0.917. The van der Waals surface area contributed by atoms with Crippen LogP contribution in [0.3, 0.4) is 0 Å². The van der Waals surface area contributed by atoms with Gasteiger partial charge in [-0.05, 0) is 37.3 Å². The first-order chi connectivity index (χ1) is 14.0. The van der Waals surface area contributed by atoms with Crippen molar-refractivity contribution in [3.8, 4) is 0 Å². The van der Waals surface area contributed by atoms with Gasteiger partial charge in [-0.2, -0.15) is 5.10 Å². The van der Waals surface area contributed by atoms with Gasteiger partial charge < -0.3 is 4.90 Å². The molecular weight excluding hydrogens is 391 g/mol. The van der Waals surface area contributed by atoms with E-state index in [1.54, 1.807) is 24.4 Å². The van der Waals surface area contributed by atoms with Crippen LogP contribution in [0, 0.1) is 12.7 Å². The van der Waals surface area contributed by atoms with Gasteiger partial charge >= 0.3 is 0 Å². The third-order valence-corrected chi connectivity index (χ3v) is 5.30. The van der Waals surface area contributed by atoms with E-state index in [0.29, 0.717) is 11.1 Å². The molecule has 1 amide bonds. The largest absolute Gasteiger partial charge is 0.305 e. The number of aromatic nitrogens is 3. The SMILES string of the molecule is Cc1nc(CN(C(=O)Cn2ncc3ccccc3c2=O)c2ccc(F)cc2)cs1. The van der Waals surface area contributed by atoms with Gasteiger partial charge in [0.1, 0.15) is 12.4 Å². The lowest BCUT2D eigenvalue weighted by atomic mass is 10.2. The minimum atomic E-state index is -0.391. The fraction of sp³-hybridized carbons (Fsp3) is 0.143. The second-order valence-electron chi connectivity index (χ2n) is 6.51. The predicted molar refractivity (Wildman–Crippen MR) is 110 cm³/mol. The average molecular weight is 408 g/mol. The molecule has 29 heavy (non-hydrogen) atoms. The van der Waals surface area contributed by atoms with Gasteiger partial charge in [0.25, 0.3) is 5.56 Å². The summed E-state index contributed by atoms with van der Waals surface area (Å²) in [4.78, 5) is 31.7. The number of amides is 1. The Morgan fingerprint density at radius 3 is 2.66 bits per heavy atom. The van der Waals surface area contributed by atoms with E-state index in [0.717, 1.165) is 20.8 Å². The molecule has 0 aliphatic carbocycles. The second kappa shape index (κ2) is 7.92. The lowest BCUT2D eigenvalue weighted by Crippen LogP contribution is -2.37. The third kappa shape index (κ3) is 4.07. The number of benzene rings is 2. The molecule has 0 spiro atoms. The molecule has 0 aliphatic rings. The lowest BCUT2D eigenvalue weighted by Gasteiger charge is -2.22. The summed E-state index contributed by atoms with van der Waals surface area (Å²) in [5, 5.41) is 8.11. The third-order valence-electron chi connectivity index (χ3n) is 4.47. The Morgan fingerprint density at radius 1 is 1.17 bits per heavy atom. The zero-order valence-electron chi connectivity index (χ0n) is 15.6. The normalized spacial score (nSPS) is 11.0. The number of rotatable bonds is 5. The number of fused-ring (bicyclic) bond motifs is 1. The Kier molecular flexibility index (Phi) is 5.18. The number of hydrogen-bond acceptors (Lipinski definition) is 5. The Bertz CT molecular complexity index is 1230. The molecule has 4 rings (SSSR count). The van der Waals surface area contributed by atoms with E-state index >= 15 is 0 Å². The van der Waals surface area contributed by atoms with Crippen LogP contribution in [0.4, 0.5) is 10.1 Å². The van der Waals surface area contributed by atoms with E-state index in [-0.39, 0.29) is 24.6 Å². The van der Waals surface area contributed by atoms with E-state index < -0.39 is 5.82 Å². The molecule has 0 unspecified atom stereocenters. The first-order valence-corrected chi connectivity index (χ1v) is 9.81. The zero-order valence-corrected chi connectivity index (χ0v) is 16.4. The molecule has 0 N–H and O–H groups in total. The molecule has 0 saturated carbocycles. The number of thiazole rings is 1. The number of anilines is 1. The molecule has 8 heteroatoms. The number of carbonyl (C=O) groups excluding carboxylic acids is 1. The van der Waals surface area contributed by atoms with Crippen LogP contribution in [0.25, 0.3) is 10.8 Å². The van der Waals surface area contributed by atoms with Crippen LogP contribution in [0.15, 0.2) is 64.9 Å². The average Bonchev–Trinajstić information content (AvgIpc) is 3.14. The first-order valence-electron chi connectivity index (χ1n) is 8.93. The van der Waals surface area contributed by atoms with Gasteiger partial charge in [0, 0.05) is 16.5 Å². The van der Waals surface area contributed by atoms with Gasteiger partial charge in [-0.25, -0.2) is 14.1 Å². The van der Waals surface area contributed by atoms with Crippen molar-refractivity contribution in [2.24, 2.45) is 0 Å². The Morgan fingerprint density at radius 2 is 1.93 bits per heavy atom. The summed E-state index contributed by atoms with van der Waals surface area (Å²) in [6.45, 7) is 1.87. The van der Waals surface area contributed by atoms with Crippen LogP contribution >= 0.6 is 11.3 Å². The Balaban J connectivity index is 1.66. The van der Waals surface area contributed by atoms with Crippen molar-refractivity contribution in [1.82, 2.24) is 14.8 Å². The van der Waals surface area contributed by atoms with Gasteiger partial charge in [0.05, 0.1) is 28.8 Å². The van der Waals surface area contributed by atoms with Crippen LogP contribution in [0.2, 0.25) is 0 Å². The summed E-state index contributed by atoms with van der Waals surface area (Å²) in [6, 6.07) is 12.7. The highest BCUT2D eigenvalue weighted by molar-refractivity contribution is 7.09. The number of carbonyl (C=O) groups is 1. The number of halogens is 1. The van der Waals surface area contributed by atoms with Gasteiger partial charge in [0.2, 0.25) is 5.91 Å². The van der Waals surface area contributed by atoms with Crippen molar-refractivity contribution < 1.29 is 9.18 Å². The van der Waals surface area contributed by atoms with Crippen molar-refractivity contribution in [2.75, 3.05) is 4.90 Å². The summed E-state index contributed by atoms with van der Waals surface area (Å²) in [5.74, 6) is -0.731. The molecule has 0 saturated heterocycles. The van der Waals surface area contributed by atoms with E-state index in [4.69, 9.17) is 0 Å². The molecular formula is C21H17FN4O2S. The molecule has 4 aromatic rings. The van der Waals surface area contributed by atoms with Crippen molar-refractivity contribution >= 4 is 33.7 Å². The maximum Gasteiger partial charge on any atom is 0.275 e. The first kappa shape index (κ1) is 18.9. The molecule has 2 heterocycles. The molecule has 0 bridgehead atoms. The molecule has 0 radical (unpaired) electrons. The molecule has 2 aromatic carbocycles. The zero-order chi connectivity index (χ0) is 20.4. The van der Waals surface area contributed by atoms with E-state index in [9.17, 15) is 14.0 Å². The molecule has 2 aromatic heterocycles. The standard InChI is InChI=1S/C21H17FN4O2S/c1-14-24-17(13-29-14)11-25(18-8-6-16(22)7-9-18)20(27)12-26-21(28)19-5-3-2-4-15(19)10-23-26/h2-10,13H,11-12H2,1H3. The highest BCUT2D eigenvalue weighted by Gasteiger charge is 2.19. The summed E-state index contributed by atoms with van der Waals surface area (Å²) in [6.07, 6.45) is 1.57. The molecule has 0 atom stereocenters. The van der Waals surface area contributed by atoms with Crippen molar-refractivity contribution in [2.45, 2.75) is 20.0 Å². The number of aryl methyl sites for hydroxylation is 1. The topological polar surface area (TPSA) is 68.1 Å². The number of hydrogen-bond donors (Lipinski definition) is 0. The van der Waals surface area contributed by atoms with E-state index in [2.05, 4.69) is 10.1 Å². The van der Waals surface area contributed by atoms with Crippen molar-refractivity contribution in [1.29, 1.82) is 0 Å². The highest BCUT2D eigenvalue weighted by atomic mass is 32.1. The van der Waals surface area contributed by atoms with Gasteiger partial charge in [-0.15, -0.1) is 11.3 Å². The van der Waals surface area contributed by atoms with E-state index in [1.165, 1.54) is 40.5 Å². The predicted octanol–water partition coefficient (Wildman–Crippen LogP) is 3.53. The minimum Gasteiger partial charge on any atom is -0.305 e. The number of nitrogens with zero attached hydrogens (tertiary/aromatic N) is 4.